The molecule has 1 heterocycles. The third-order valence-corrected chi connectivity index (χ3v) is 3.56. The topological polar surface area (TPSA) is 49.0 Å². The molecule has 2 atom stereocenters. The molecule has 1 saturated carbocycles. The largest absolute Gasteiger partial charge is 0.466 e. The summed E-state index contributed by atoms with van der Waals surface area (Å²) < 4.78 is 5.64. The van der Waals surface area contributed by atoms with Crippen LogP contribution in [0, 0.1) is 24.2 Å². The monoisotopic (exact) mass is 232 g/mol. The van der Waals surface area contributed by atoms with Crippen molar-refractivity contribution >= 4 is 0 Å². The van der Waals surface area contributed by atoms with Crippen LogP contribution in [-0.2, 0) is 6.42 Å². The zero-order valence-corrected chi connectivity index (χ0v) is 10.4. The van der Waals surface area contributed by atoms with Gasteiger partial charge in [0.25, 0.3) is 0 Å². The van der Waals surface area contributed by atoms with E-state index < -0.39 is 0 Å². The minimum absolute atomic E-state index is 0.564. The Bertz CT molecular complexity index is 391. The molecule has 92 valence electrons. The van der Waals surface area contributed by atoms with E-state index in [1.165, 1.54) is 19.3 Å². The van der Waals surface area contributed by atoms with Crippen molar-refractivity contribution in [1.82, 2.24) is 5.32 Å². The lowest BCUT2D eigenvalue weighted by atomic mass is 9.98. The Labute approximate surface area is 103 Å². The Balaban J connectivity index is 1.84. The lowest BCUT2D eigenvalue weighted by Gasteiger charge is -2.19. The third-order valence-electron chi connectivity index (χ3n) is 3.56. The molecule has 1 N–H and O–H groups in total. The summed E-state index contributed by atoms with van der Waals surface area (Å²) in [7, 11) is 0. The molecule has 17 heavy (non-hydrogen) atoms. The minimum Gasteiger partial charge on any atom is -0.466 e. The van der Waals surface area contributed by atoms with Crippen molar-refractivity contribution in [2.75, 3.05) is 6.54 Å². The van der Waals surface area contributed by atoms with Gasteiger partial charge in [-0.3, -0.25) is 0 Å². The number of nitrogens with one attached hydrogen (secondary N) is 1. The molecule has 0 amide bonds. The molecule has 0 aliphatic heterocycles. The fourth-order valence-corrected chi connectivity index (χ4v) is 2.72. The van der Waals surface area contributed by atoms with Crippen molar-refractivity contribution in [3.05, 3.63) is 23.7 Å². The van der Waals surface area contributed by atoms with E-state index >= 15 is 0 Å². The molecule has 0 radical (unpaired) electrons. The van der Waals surface area contributed by atoms with Gasteiger partial charge in [0.2, 0.25) is 0 Å². The van der Waals surface area contributed by atoms with Crippen molar-refractivity contribution in [2.24, 2.45) is 5.92 Å². The second-order valence-electron chi connectivity index (χ2n) is 4.88. The minimum atomic E-state index is 0.564. The standard InChI is InChI=1S/C14H20N2O/c1-11-6-7-13(17-11)10-12-4-2-5-14(12)16-9-3-8-15/h6-7,12,14,16H,2-5,9-10H2,1H3. The van der Waals surface area contributed by atoms with Crippen LogP contribution in [0.2, 0.25) is 0 Å². The molecule has 2 unspecified atom stereocenters. The molecule has 2 rings (SSSR count). The molecular weight excluding hydrogens is 212 g/mol. The van der Waals surface area contributed by atoms with E-state index in [4.69, 9.17) is 9.68 Å². The Morgan fingerprint density at radius 1 is 1.47 bits per heavy atom. The van der Waals surface area contributed by atoms with E-state index in [0.29, 0.717) is 18.4 Å². The molecule has 3 heteroatoms. The van der Waals surface area contributed by atoms with Crippen LogP contribution in [0.3, 0.4) is 0 Å². The number of hydrogen-bond donors (Lipinski definition) is 1. The summed E-state index contributed by atoms with van der Waals surface area (Å²) in [6, 6.07) is 6.86. The summed E-state index contributed by atoms with van der Waals surface area (Å²) in [6.07, 6.45) is 5.41. The Morgan fingerprint density at radius 3 is 3.06 bits per heavy atom. The van der Waals surface area contributed by atoms with Crippen LogP contribution < -0.4 is 5.32 Å². The van der Waals surface area contributed by atoms with Gasteiger partial charge in [-0.15, -0.1) is 0 Å². The van der Waals surface area contributed by atoms with Crippen LogP contribution in [0.15, 0.2) is 16.5 Å². The highest BCUT2D eigenvalue weighted by Gasteiger charge is 2.27. The second-order valence-corrected chi connectivity index (χ2v) is 4.88. The molecule has 1 aliphatic rings. The predicted octanol–water partition coefficient (Wildman–Crippen LogP) is 2.80. The maximum absolute atomic E-state index is 8.54. The lowest BCUT2D eigenvalue weighted by molar-refractivity contribution is 0.367. The molecule has 0 aromatic carbocycles. The Morgan fingerprint density at radius 2 is 2.35 bits per heavy atom. The second kappa shape index (κ2) is 5.88. The lowest BCUT2D eigenvalue weighted by Crippen LogP contribution is -2.33. The van der Waals surface area contributed by atoms with Gasteiger partial charge in [0.15, 0.2) is 0 Å². The van der Waals surface area contributed by atoms with Crippen molar-refractivity contribution in [3.8, 4) is 6.07 Å². The van der Waals surface area contributed by atoms with Gasteiger partial charge in [-0.25, -0.2) is 0 Å². The van der Waals surface area contributed by atoms with Crippen molar-refractivity contribution in [1.29, 1.82) is 5.26 Å². The molecule has 0 spiro atoms. The predicted molar refractivity (Wildman–Crippen MR) is 66.5 cm³/mol. The number of aryl methyl sites for hydroxylation is 1. The molecular formula is C14H20N2O. The summed E-state index contributed by atoms with van der Waals surface area (Å²) in [5.41, 5.74) is 0. The first-order valence-electron chi connectivity index (χ1n) is 6.45. The molecule has 3 nitrogen and oxygen atoms in total. The number of rotatable bonds is 5. The van der Waals surface area contributed by atoms with Crippen LogP contribution in [0.4, 0.5) is 0 Å². The van der Waals surface area contributed by atoms with Gasteiger partial charge in [0.05, 0.1) is 6.07 Å². The smallest absolute Gasteiger partial charge is 0.104 e. The summed E-state index contributed by atoms with van der Waals surface area (Å²) in [6.45, 7) is 2.80. The molecule has 1 fully saturated rings. The maximum atomic E-state index is 8.54. The highest BCUT2D eigenvalue weighted by atomic mass is 16.3. The highest BCUT2D eigenvalue weighted by Crippen LogP contribution is 2.29. The van der Waals surface area contributed by atoms with Crippen molar-refractivity contribution in [2.45, 2.75) is 45.1 Å². The fraction of sp³-hybridized carbons (Fsp3) is 0.643. The molecule has 0 saturated heterocycles. The van der Waals surface area contributed by atoms with E-state index in [1.807, 2.05) is 13.0 Å². The van der Waals surface area contributed by atoms with Gasteiger partial charge in [0, 0.05) is 25.4 Å². The molecule has 1 aliphatic carbocycles. The van der Waals surface area contributed by atoms with Crippen LogP contribution in [-0.4, -0.2) is 12.6 Å². The first kappa shape index (κ1) is 12.2. The Hall–Kier alpha value is -1.27. The number of furan rings is 1. The number of hydrogen-bond acceptors (Lipinski definition) is 3. The van der Waals surface area contributed by atoms with Crippen LogP contribution >= 0.6 is 0 Å². The van der Waals surface area contributed by atoms with Gasteiger partial charge in [0.1, 0.15) is 11.5 Å². The van der Waals surface area contributed by atoms with Crippen LogP contribution in [0.1, 0.15) is 37.2 Å². The first-order chi connectivity index (χ1) is 8.29. The van der Waals surface area contributed by atoms with Crippen molar-refractivity contribution < 1.29 is 4.42 Å². The highest BCUT2D eigenvalue weighted by molar-refractivity contribution is 5.07. The van der Waals surface area contributed by atoms with Gasteiger partial charge in [-0.05, 0) is 37.8 Å². The van der Waals surface area contributed by atoms with Gasteiger partial charge in [-0.2, -0.15) is 5.26 Å². The molecule has 1 aromatic heterocycles. The fourth-order valence-electron chi connectivity index (χ4n) is 2.72. The van der Waals surface area contributed by atoms with Crippen molar-refractivity contribution in [3.63, 3.8) is 0 Å². The number of nitriles is 1. The van der Waals surface area contributed by atoms with E-state index in [2.05, 4.69) is 17.5 Å². The summed E-state index contributed by atoms with van der Waals surface area (Å²) in [5, 5.41) is 12.0. The van der Waals surface area contributed by atoms with Gasteiger partial charge >= 0.3 is 0 Å². The van der Waals surface area contributed by atoms with Crippen LogP contribution in [0.25, 0.3) is 0 Å². The SMILES string of the molecule is Cc1ccc(CC2CCCC2NCCC#N)o1. The molecule has 1 aromatic rings. The average molecular weight is 232 g/mol. The third kappa shape index (κ3) is 3.34. The quantitative estimate of drug-likeness (QED) is 0.794. The zero-order chi connectivity index (χ0) is 12.1. The normalized spacial score (nSPS) is 23.8. The van der Waals surface area contributed by atoms with Gasteiger partial charge in [-0.1, -0.05) is 6.42 Å². The first-order valence-corrected chi connectivity index (χ1v) is 6.45. The van der Waals surface area contributed by atoms with E-state index in [-0.39, 0.29) is 0 Å². The average Bonchev–Trinajstić information content (AvgIpc) is 2.90. The summed E-state index contributed by atoms with van der Waals surface area (Å²) >= 11 is 0. The van der Waals surface area contributed by atoms with Crippen LogP contribution in [0.5, 0.6) is 0 Å². The molecule has 0 bridgehead atoms. The van der Waals surface area contributed by atoms with Gasteiger partial charge < -0.3 is 9.73 Å². The Kier molecular flexibility index (Phi) is 4.22. The van der Waals surface area contributed by atoms with E-state index in [1.54, 1.807) is 0 Å². The number of nitrogens with zero attached hydrogens (tertiary/aromatic N) is 1. The summed E-state index contributed by atoms with van der Waals surface area (Å²) in [5.74, 6) is 2.76. The van der Waals surface area contributed by atoms with E-state index in [9.17, 15) is 0 Å². The summed E-state index contributed by atoms with van der Waals surface area (Å²) in [4.78, 5) is 0. The maximum Gasteiger partial charge on any atom is 0.104 e. The zero-order valence-electron chi connectivity index (χ0n) is 10.4. The van der Waals surface area contributed by atoms with E-state index in [0.717, 1.165) is 24.5 Å².